The zero-order valence-corrected chi connectivity index (χ0v) is 21.0. The summed E-state index contributed by atoms with van der Waals surface area (Å²) in [7, 11) is 0. The van der Waals surface area contributed by atoms with Crippen LogP contribution in [-0.2, 0) is 22.6 Å². The molecular formula is C27H33N3O5S. The van der Waals surface area contributed by atoms with Gasteiger partial charge in [-0.2, -0.15) is 0 Å². The van der Waals surface area contributed by atoms with Crippen LogP contribution in [0.2, 0.25) is 0 Å². The fourth-order valence-electron chi connectivity index (χ4n) is 4.28. The van der Waals surface area contributed by atoms with Crippen molar-refractivity contribution < 1.29 is 24.3 Å². The highest BCUT2D eigenvalue weighted by atomic mass is 32.1. The van der Waals surface area contributed by atoms with Crippen molar-refractivity contribution in [2.45, 2.75) is 63.8 Å². The molecular weight excluding hydrogens is 478 g/mol. The van der Waals surface area contributed by atoms with E-state index in [1.807, 2.05) is 36.4 Å². The topological polar surface area (TPSA) is 123 Å². The van der Waals surface area contributed by atoms with Gasteiger partial charge in [-0.3, -0.25) is 14.8 Å². The van der Waals surface area contributed by atoms with Gasteiger partial charge in [-0.15, -0.1) is 11.3 Å². The monoisotopic (exact) mass is 511 g/mol. The summed E-state index contributed by atoms with van der Waals surface area (Å²) >= 11 is 1.35. The number of nitrogens with two attached hydrogens (primary N) is 1. The number of carbonyl (C=O) groups excluding carboxylic acids is 2. The van der Waals surface area contributed by atoms with Crippen molar-refractivity contribution in [1.29, 1.82) is 0 Å². The molecule has 5 N–H and O–H groups in total. The maximum absolute atomic E-state index is 12.1. The maximum atomic E-state index is 12.1. The summed E-state index contributed by atoms with van der Waals surface area (Å²) in [6, 6.07) is 15.2. The van der Waals surface area contributed by atoms with Crippen LogP contribution in [0.1, 0.15) is 59.3 Å². The molecule has 1 fully saturated rings. The lowest BCUT2D eigenvalue weighted by atomic mass is 10.1. The Bertz CT molecular complexity index is 1160. The first-order chi connectivity index (χ1) is 17.5. The second-order valence-corrected chi connectivity index (χ2v) is 10.2. The Balaban J connectivity index is 1.15. The molecule has 0 saturated heterocycles. The van der Waals surface area contributed by atoms with Crippen molar-refractivity contribution in [1.82, 2.24) is 10.8 Å². The summed E-state index contributed by atoms with van der Waals surface area (Å²) < 4.78 is 12.3. The van der Waals surface area contributed by atoms with E-state index in [-0.39, 0.29) is 12.1 Å². The SMILES string of the molecule is NC(CCCOc1ccc(CNCc2ccc3cc(C(=O)NO)sc3c2)cc1)C(=O)OC1CCCC1. The van der Waals surface area contributed by atoms with Crippen LogP contribution in [0.4, 0.5) is 0 Å². The van der Waals surface area contributed by atoms with Crippen molar-refractivity contribution in [2.75, 3.05) is 6.61 Å². The lowest BCUT2D eigenvalue weighted by Gasteiger charge is -2.16. The number of rotatable bonds is 12. The average molecular weight is 512 g/mol. The second kappa shape index (κ2) is 12.8. The largest absolute Gasteiger partial charge is 0.494 e. The minimum Gasteiger partial charge on any atom is -0.494 e. The number of ether oxygens (including phenoxy) is 2. The van der Waals surface area contributed by atoms with Gasteiger partial charge in [0, 0.05) is 17.8 Å². The minimum absolute atomic E-state index is 0.0489. The van der Waals surface area contributed by atoms with E-state index >= 15 is 0 Å². The summed E-state index contributed by atoms with van der Waals surface area (Å²) in [5.74, 6) is -0.00856. The van der Waals surface area contributed by atoms with E-state index in [0.29, 0.717) is 37.4 Å². The van der Waals surface area contributed by atoms with Crippen molar-refractivity contribution in [3.8, 4) is 5.75 Å². The molecule has 1 heterocycles. The molecule has 192 valence electrons. The predicted molar refractivity (Wildman–Crippen MR) is 139 cm³/mol. The Morgan fingerprint density at radius 2 is 1.78 bits per heavy atom. The summed E-state index contributed by atoms with van der Waals surface area (Å²) in [6.07, 6.45) is 5.42. The number of hydroxylamine groups is 1. The van der Waals surface area contributed by atoms with Crippen molar-refractivity contribution in [3.63, 3.8) is 0 Å². The molecule has 36 heavy (non-hydrogen) atoms. The van der Waals surface area contributed by atoms with E-state index in [1.54, 1.807) is 11.5 Å². The van der Waals surface area contributed by atoms with E-state index in [4.69, 9.17) is 20.4 Å². The number of nitrogens with one attached hydrogen (secondary N) is 2. The number of thiophene rings is 1. The molecule has 4 rings (SSSR count). The highest BCUT2D eigenvalue weighted by molar-refractivity contribution is 7.20. The van der Waals surface area contributed by atoms with Gasteiger partial charge >= 0.3 is 5.97 Å². The van der Waals surface area contributed by atoms with Crippen molar-refractivity contribution in [2.24, 2.45) is 5.73 Å². The van der Waals surface area contributed by atoms with Crippen LogP contribution in [0.15, 0.2) is 48.5 Å². The molecule has 0 aliphatic heterocycles. The molecule has 0 radical (unpaired) electrons. The van der Waals surface area contributed by atoms with Gasteiger partial charge < -0.3 is 20.5 Å². The molecule has 1 unspecified atom stereocenters. The van der Waals surface area contributed by atoms with E-state index in [0.717, 1.165) is 52.6 Å². The molecule has 0 spiro atoms. The normalized spacial score (nSPS) is 14.6. The quantitative estimate of drug-likeness (QED) is 0.124. The van der Waals surface area contributed by atoms with Gasteiger partial charge in [0.05, 0.1) is 11.5 Å². The first-order valence-corrected chi connectivity index (χ1v) is 13.2. The number of carbonyl (C=O) groups is 2. The van der Waals surface area contributed by atoms with Crippen LogP contribution in [0, 0.1) is 0 Å². The zero-order chi connectivity index (χ0) is 25.3. The first-order valence-electron chi connectivity index (χ1n) is 12.4. The average Bonchev–Trinajstić information content (AvgIpc) is 3.56. The Kier molecular flexibility index (Phi) is 9.29. The lowest BCUT2D eigenvalue weighted by Crippen LogP contribution is -2.34. The standard InChI is InChI=1S/C27H33N3O5S/c28-23(27(32)35-22-4-1-2-5-22)6-3-13-34-21-11-8-18(9-12-21)16-29-17-19-7-10-20-15-25(26(31)30-33)36-24(20)14-19/h7-12,14-15,22-23,29,33H,1-6,13,16-17,28H2,(H,30,31). The third kappa shape index (κ3) is 7.27. The molecule has 3 aromatic rings. The highest BCUT2D eigenvalue weighted by Gasteiger charge is 2.22. The Labute approximate surface area is 214 Å². The van der Waals surface area contributed by atoms with Crippen LogP contribution in [0.3, 0.4) is 0 Å². The number of amides is 1. The van der Waals surface area contributed by atoms with Gasteiger partial charge in [-0.05, 0) is 79.3 Å². The molecule has 0 bridgehead atoms. The van der Waals surface area contributed by atoms with Crippen molar-refractivity contribution >= 4 is 33.3 Å². The minimum atomic E-state index is -0.592. The first kappa shape index (κ1) is 26.1. The lowest BCUT2D eigenvalue weighted by molar-refractivity contribution is -0.150. The molecule has 8 nitrogen and oxygen atoms in total. The zero-order valence-electron chi connectivity index (χ0n) is 20.2. The van der Waals surface area contributed by atoms with Crippen molar-refractivity contribution in [3.05, 3.63) is 64.5 Å². The smallest absolute Gasteiger partial charge is 0.323 e. The molecule has 9 heteroatoms. The number of benzene rings is 2. The number of fused-ring (bicyclic) bond motifs is 1. The third-order valence-electron chi connectivity index (χ3n) is 6.31. The summed E-state index contributed by atoms with van der Waals surface area (Å²) in [6.45, 7) is 1.89. The van der Waals surface area contributed by atoms with Gasteiger partial charge in [0.15, 0.2) is 0 Å². The number of hydrogen-bond donors (Lipinski definition) is 4. The number of esters is 1. The number of hydrogen-bond acceptors (Lipinski definition) is 8. The van der Waals surface area contributed by atoms with E-state index in [2.05, 4.69) is 11.4 Å². The second-order valence-electron chi connectivity index (χ2n) is 9.11. The van der Waals surface area contributed by atoms with Gasteiger partial charge in [-0.1, -0.05) is 24.3 Å². The Morgan fingerprint density at radius 3 is 2.53 bits per heavy atom. The van der Waals surface area contributed by atoms with Gasteiger partial charge in [-0.25, -0.2) is 5.48 Å². The molecule has 1 atom stereocenters. The van der Waals surface area contributed by atoms with E-state index < -0.39 is 11.9 Å². The summed E-state index contributed by atoms with van der Waals surface area (Å²) in [4.78, 5) is 24.1. The fourth-order valence-corrected chi connectivity index (χ4v) is 5.29. The maximum Gasteiger partial charge on any atom is 0.323 e. The van der Waals surface area contributed by atoms with Gasteiger partial charge in [0.1, 0.15) is 17.9 Å². The van der Waals surface area contributed by atoms with Crippen LogP contribution in [0.25, 0.3) is 10.1 Å². The van der Waals surface area contributed by atoms with E-state index in [9.17, 15) is 9.59 Å². The Morgan fingerprint density at radius 1 is 1.06 bits per heavy atom. The van der Waals surface area contributed by atoms with Crippen LogP contribution >= 0.6 is 11.3 Å². The fraction of sp³-hybridized carbons (Fsp3) is 0.407. The van der Waals surface area contributed by atoms with Crippen LogP contribution in [-0.4, -0.2) is 35.8 Å². The molecule has 1 aliphatic rings. The van der Waals surface area contributed by atoms with Crippen LogP contribution < -0.4 is 21.3 Å². The molecule has 1 saturated carbocycles. The summed E-state index contributed by atoms with van der Waals surface area (Å²) in [5, 5.41) is 13.2. The molecule has 2 aromatic carbocycles. The van der Waals surface area contributed by atoms with E-state index in [1.165, 1.54) is 11.3 Å². The highest BCUT2D eigenvalue weighted by Crippen LogP contribution is 2.27. The van der Waals surface area contributed by atoms with Crippen LogP contribution in [0.5, 0.6) is 5.75 Å². The van der Waals surface area contributed by atoms with Gasteiger partial charge in [0.25, 0.3) is 5.91 Å². The summed E-state index contributed by atoms with van der Waals surface area (Å²) in [5.41, 5.74) is 9.90. The third-order valence-corrected chi connectivity index (χ3v) is 7.40. The molecule has 1 aliphatic carbocycles. The Hall–Kier alpha value is -2.98. The van der Waals surface area contributed by atoms with Gasteiger partial charge in [0.2, 0.25) is 0 Å². The predicted octanol–water partition coefficient (Wildman–Crippen LogP) is 4.28. The molecule has 1 aromatic heterocycles. The molecule has 1 amide bonds.